The van der Waals surface area contributed by atoms with Crippen LogP contribution in [0.4, 0.5) is 27.1 Å². The highest BCUT2D eigenvalue weighted by atomic mass is 32.1. The molecule has 0 saturated carbocycles. The number of aromatic carboxylic acids is 1. The summed E-state index contributed by atoms with van der Waals surface area (Å²) in [6, 6.07) is 6.71. The van der Waals surface area contributed by atoms with E-state index in [4.69, 9.17) is 5.11 Å². The molecule has 1 aliphatic rings. The van der Waals surface area contributed by atoms with Crippen LogP contribution in [0.25, 0.3) is 0 Å². The molecule has 0 atom stereocenters. The molecule has 1 aliphatic heterocycles. The van der Waals surface area contributed by atoms with Crippen LogP contribution in [0, 0.1) is 6.92 Å². The Morgan fingerprint density at radius 2 is 1.82 bits per heavy atom. The van der Waals surface area contributed by atoms with Gasteiger partial charge in [-0.3, -0.25) is 14.8 Å². The lowest BCUT2D eigenvalue weighted by Crippen LogP contribution is -2.31. The van der Waals surface area contributed by atoms with Gasteiger partial charge in [0.2, 0.25) is 0 Å². The smallest absolute Gasteiger partial charge is 0.356 e. The van der Waals surface area contributed by atoms with Gasteiger partial charge in [-0.1, -0.05) is 17.4 Å². The number of urea groups is 1. The predicted molar refractivity (Wildman–Crippen MR) is 130 cm³/mol. The largest absolute Gasteiger partial charge is 0.476 e. The average molecular weight is 484 g/mol. The molecular formula is C22H25N7O4S. The summed E-state index contributed by atoms with van der Waals surface area (Å²) in [7, 11) is 1.52. The van der Waals surface area contributed by atoms with Crippen LogP contribution in [0.2, 0.25) is 0 Å². The maximum Gasteiger partial charge on any atom is 0.356 e. The Bertz CT molecular complexity index is 1230. The molecule has 12 heteroatoms. The first-order valence-electron chi connectivity index (χ1n) is 10.8. The zero-order valence-corrected chi connectivity index (χ0v) is 19.6. The van der Waals surface area contributed by atoms with Gasteiger partial charge < -0.3 is 20.6 Å². The summed E-state index contributed by atoms with van der Waals surface area (Å²) in [4.78, 5) is 42.8. The number of nitrogens with one attached hydrogen (secondary N) is 3. The summed E-state index contributed by atoms with van der Waals surface area (Å²) in [5.41, 5.74) is 2.64. The van der Waals surface area contributed by atoms with Crippen molar-refractivity contribution in [2.75, 3.05) is 33.9 Å². The summed E-state index contributed by atoms with van der Waals surface area (Å²) >= 11 is 1.00. The standard InChI is InChI=1S/C22H25N7O4S/c1-13-6-7-14(16(10-13)29-8-4-3-5-9-29)24-21(33)26-22-23-12-17(34-22)19(30)25-18-11-15(20(31)32)27-28(18)2/h6-7,10-12H,3-5,8-9H2,1-2H3,(H,25,30)(H,31,32)(H2,23,24,26,33). The van der Waals surface area contributed by atoms with Gasteiger partial charge in [0.25, 0.3) is 5.91 Å². The van der Waals surface area contributed by atoms with Gasteiger partial charge in [-0.05, 0) is 43.9 Å². The molecule has 4 N–H and O–H groups in total. The molecule has 34 heavy (non-hydrogen) atoms. The van der Waals surface area contributed by atoms with Crippen LogP contribution in [0.15, 0.2) is 30.5 Å². The van der Waals surface area contributed by atoms with Crippen molar-refractivity contribution < 1.29 is 19.5 Å². The molecule has 3 amide bonds. The van der Waals surface area contributed by atoms with Crippen LogP contribution in [0.3, 0.4) is 0 Å². The number of hydrogen-bond donors (Lipinski definition) is 4. The number of aromatic nitrogens is 3. The number of benzene rings is 1. The molecule has 3 heterocycles. The zero-order chi connectivity index (χ0) is 24.2. The molecular weight excluding hydrogens is 458 g/mol. The highest BCUT2D eigenvalue weighted by Crippen LogP contribution is 2.30. The van der Waals surface area contributed by atoms with E-state index in [0.29, 0.717) is 5.69 Å². The first-order valence-corrected chi connectivity index (χ1v) is 11.6. The van der Waals surface area contributed by atoms with Crippen molar-refractivity contribution in [3.05, 3.63) is 46.6 Å². The van der Waals surface area contributed by atoms with E-state index in [1.165, 1.54) is 30.4 Å². The molecule has 0 spiro atoms. The van der Waals surface area contributed by atoms with E-state index in [1.54, 1.807) is 0 Å². The van der Waals surface area contributed by atoms with Gasteiger partial charge >= 0.3 is 12.0 Å². The summed E-state index contributed by atoms with van der Waals surface area (Å²) in [5.74, 6) is -1.45. The van der Waals surface area contributed by atoms with Crippen LogP contribution in [0.5, 0.6) is 0 Å². The van der Waals surface area contributed by atoms with Crippen LogP contribution >= 0.6 is 11.3 Å². The lowest BCUT2D eigenvalue weighted by Gasteiger charge is -2.30. The van der Waals surface area contributed by atoms with Crippen molar-refractivity contribution in [2.45, 2.75) is 26.2 Å². The lowest BCUT2D eigenvalue weighted by atomic mass is 10.1. The van der Waals surface area contributed by atoms with E-state index in [-0.39, 0.29) is 21.5 Å². The van der Waals surface area contributed by atoms with E-state index >= 15 is 0 Å². The molecule has 1 fully saturated rings. The van der Waals surface area contributed by atoms with Crippen molar-refractivity contribution in [1.82, 2.24) is 14.8 Å². The zero-order valence-electron chi connectivity index (χ0n) is 18.8. The molecule has 4 rings (SSSR count). The minimum absolute atomic E-state index is 0.179. The van der Waals surface area contributed by atoms with Crippen LogP contribution in [0.1, 0.15) is 45.0 Å². The minimum atomic E-state index is -1.19. The number of nitrogens with zero attached hydrogens (tertiary/aromatic N) is 4. The molecule has 0 radical (unpaired) electrons. The van der Waals surface area contributed by atoms with Crippen LogP contribution < -0.4 is 20.9 Å². The van der Waals surface area contributed by atoms with Crippen molar-refractivity contribution >= 4 is 51.6 Å². The van der Waals surface area contributed by atoms with Crippen LogP contribution in [-0.4, -0.2) is 50.9 Å². The maximum absolute atomic E-state index is 12.6. The number of thiazole rings is 1. The maximum atomic E-state index is 12.6. The van der Waals surface area contributed by atoms with Gasteiger partial charge in [-0.2, -0.15) is 5.10 Å². The molecule has 1 saturated heterocycles. The molecule has 178 valence electrons. The molecule has 0 aliphatic carbocycles. The van der Waals surface area contributed by atoms with Crippen molar-refractivity contribution in [2.24, 2.45) is 7.05 Å². The number of carbonyl (C=O) groups is 3. The normalized spacial score (nSPS) is 13.4. The minimum Gasteiger partial charge on any atom is -0.476 e. The molecule has 2 aromatic heterocycles. The first-order chi connectivity index (χ1) is 16.3. The number of carboxylic acids is 1. The Labute approximate surface area is 199 Å². The number of piperidine rings is 1. The van der Waals surface area contributed by atoms with E-state index in [9.17, 15) is 14.4 Å². The fourth-order valence-corrected chi connectivity index (χ4v) is 4.40. The Morgan fingerprint density at radius 1 is 1.06 bits per heavy atom. The van der Waals surface area contributed by atoms with Crippen LogP contribution in [-0.2, 0) is 7.05 Å². The van der Waals surface area contributed by atoms with Crippen molar-refractivity contribution in [3.63, 3.8) is 0 Å². The Morgan fingerprint density at radius 3 is 2.53 bits per heavy atom. The first kappa shape index (κ1) is 23.2. The fraction of sp³-hybridized carbons (Fsp3) is 0.318. The molecule has 0 unspecified atom stereocenters. The summed E-state index contributed by atoms with van der Waals surface area (Å²) < 4.78 is 1.26. The second kappa shape index (κ2) is 9.91. The lowest BCUT2D eigenvalue weighted by molar-refractivity contribution is 0.0689. The Balaban J connectivity index is 1.40. The highest BCUT2D eigenvalue weighted by Gasteiger charge is 2.19. The number of carbonyl (C=O) groups excluding carboxylic acids is 2. The quantitative estimate of drug-likeness (QED) is 0.418. The van der Waals surface area contributed by atoms with E-state index in [2.05, 4.69) is 37.0 Å². The van der Waals surface area contributed by atoms with Gasteiger partial charge in [-0.25, -0.2) is 14.6 Å². The van der Waals surface area contributed by atoms with Crippen molar-refractivity contribution in [3.8, 4) is 0 Å². The summed E-state index contributed by atoms with van der Waals surface area (Å²) in [6.45, 7) is 3.93. The summed E-state index contributed by atoms with van der Waals surface area (Å²) in [6.07, 6.45) is 4.81. The van der Waals surface area contributed by atoms with E-state index in [0.717, 1.165) is 48.5 Å². The van der Waals surface area contributed by atoms with Gasteiger partial charge in [-0.15, -0.1) is 0 Å². The molecule has 0 bridgehead atoms. The topological polar surface area (TPSA) is 141 Å². The third kappa shape index (κ3) is 5.34. The number of aryl methyl sites for hydroxylation is 2. The average Bonchev–Trinajstić information content (AvgIpc) is 3.42. The number of amides is 3. The van der Waals surface area contributed by atoms with Gasteiger partial charge in [0.15, 0.2) is 10.8 Å². The monoisotopic (exact) mass is 483 g/mol. The predicted octanol–water partition coefficient (Wildman–Crippen LogP) is 3.77. The number of carboxylic acid groups (broad SMARTS) is 1. The van der Waals surface area contributed by atoms with Gasteiger partial charge in [0.05, 0.1) is 17.6 Å². The van der Waals surface area contributed by atoms with Gasteiger partial charge in [0, 0.05) is 26.2 Å². The Kier molecular flexibility index (Phi) is 6.77. The molecule has 3 aromatic rings. The third-order valence-corrected chi connectivity index (χ3v) is 6.30. The second-order valence-corrected chi connectivity index (χ2v) is 9.01. The molecule has 11 nitrogen and oxygen atoms in total. The fourth-order valence-electron chi connectivity index (χ4n) is 3.70. The number of rotatable bonds is 6. The highest BCUT2D eigenvalue weighted by molar-refractivity contribution is 7.17. The Hall–Kier alpha value is -3.93. The number of anilines is 4. The van der Waals surface area contributed by atoms with E-state index in [1.807, 2.05) is 19.1 Å². The molecule has 1 aromatic carbocycles. The van der Waals surface area contributed by atoms with Gasteiger partial charge in [0.1, 0.15) is 10.7 Å². The number of hydrogen-bond acceptors (Lipinski definition) is 7. The third-order valence-electron chi connectivity index (χ3n) is 5.39. The summed E-state index contributed by atoms with van der Waals surface area (Å²) in [5, 5.41) is 21.2. The van der Waals surface area contributed by atoms with Crippen molar-refractivity contribution in [1.29, 1.82) is 0 Å². The van der Waals surface area contributed by atoms with E-state index < -0.39 is 17.9 Å². The SMILES string of the molecule is Cc1ccc(NC(=O)Nc2ncc(C(=O)Nc3cc(C(=O)O)nn3C)s2)c(N2CCCCC2)c1. The second-order valence-electron chi connectivity index (χ2n) is 7.97.